The van der Waals surface area contributed by atoms with Gasteiger partial charge in [0.25, 0.3) is 0 Å². The molecule has 1 atom stereocenters. The molecule has 0 aliphatic carbocycles. The molecule has 0 aliphatic rings. The predicted octanol–water partition coefficient (Wildman–Crippen LogP) is 4.16. The summed E-state index contributed by atoms with van der Waals surface area (Å²) in [6.07, 6.45) is -0.722. The lowest BCUT2D eigenvalue weighted by Gasteiger charge is -2.14. The van der Waals surface area contributed by atoms with Gasteiger partial charge in [0.2, 0.25) is 5.91 Å². The van der Waals surface area contributed by atoms with Crippen molar-refractivity contribution in [3.63, 3.8) is 0 Å². The largest absolute Gasteiger partial charge is 0.387 e. The molecule has 0 spiro atoms. The van der Waals surface area contributed by atoms with Crippen molar-refractivity contribution in [2.75, 3.05) is 6.54 Å². The van der Waals surface area contributed by atoms with Crippen LogP contribution in [0.15, 0.2) is 91.0 Å². The minimum Gasteiger partial charge on any atom is -0.387 e. The highest BCUT2D eigenvalue weighted by Crippen LogP contribution is 2.28. The molecule has 4 heteroatoms. The van der Waals surface area contributed by atoms with E-state index in [0.29, 0.717) is 0 Å². The van der Waals surface area contributed by atoms with E-state index >= 15 is 0 Å². The summed E-state index contributed by atoms with van der Waals surface area (Å²) in [5.74, 6) is -0.131. The van der Waals surface area contributed by atoms with E-state index in [-0.39, 0.29) is 19.0 Å². The Hall–Kier alpha value is -3.37. The van der Waals surface area contributed by atoms with Crippen LogP contribution in [0.1, 0.15) is 11.7 Å². The number of aromatic nitrogens is 1. The molecule has 0 saturated heterocycles. The lowest BCUT2D eigenvalue weighted by atomic mass is 10.1. The van der Waals surface area contributed by atoms with Crippen LogP contribution in [-0.4, -0.2) is 22.1 Å². The van der Waals surface area contributed by atoms with Gasteiger partial charge in [-0.2, -0.15) is 0 Å². The van der Waals surface area contributed by atoms with Crippen molar-refractivity contribution in [3.05, 3.63) is 96.6 Å². The van der Waals surface area contributed by atoms with E-state index in [1.54, 1.807) is 0 Å². The summed E-state index contributed by atoms with van der Waals surface area (Å²) < 4.78 is 2.02. The Labute approximate surface area is 164 Å². The summed E-state index contributed by atoms with van der Waals surface area (Å²) >= 11 is 0. The Bertz CT molecular complexity index is 1070. The maximum atomic E-state index is 12.6. The highest BCUT2D eigenvalue weighted by molar-refractivity contribution is 5.89. The van der Waals surface area contributed by atoms with Gasteiger partial charge in [-0.3, -0.25) is 4.79 Å². The molecule has 0 aliphatic heterocycles. The fraction of sp³-hybridized carbons (Fsp3) is 0.125. The summed E-state index contributed by atoms with van der Waals surface area (Å²) in [7, 11) is 0. The molecule has 4 aromatic rings. The van der Waals surface area contributed by atoms with Crippen molar-refractivity contribution >= 4 is 16.8 Å². The number of carbonyl (C=O) groups excluding carboxylic acids is 1. The first-order valence-electron chi connectivity index (χ1n) is 9.36. The third kappa shape index (κ3) is 3.82. The number of hydrogen-bond donors (Lipinski definition) is 2. The van der Waals surface area contributed by atoms with Crippen LogP contribution >= 0.6 is 0 Å². The van der Waals surface area contributed by atoms with Gasteiger partial charge in [0, 0.05) is 23.1 Å². The van der Waals surface area contributed by atoms with Crippen LogP contribution in [0.2, 0.25) is 0 Å². The van der Waals surface area contributed by atoms with Crippen LogP contribution in [0.25, 0.3) is 22.2 Å². The Morgan fingerprint density at radius 1 is 0.893 bits per heavy atom. The minimum absolute atomic E-state index is 0.131. The van der Waals surface area contributed by atoms with E-state index < -0.39 is 6.10 Å². The van der Waals surface area contributed by atoms with Crippen molar-refractivity contribution < 1.29 is 9.90 Å². The van der Waals surface area contributed by atoms with E-state index in [1.165, 1.54) is 0 Å². The Balaban J connectivity index is 1.54. The van der Waals surface area contributed by atoms with Crippen molar-refractivity contribution in [2.45, 2.75) is 12.6 Å². The highest BCUT2D eigenvalue weighted by Gasteiger charge is 2.14. The second-order valence-electron chi connectivity index (χ2n) is 6.77. The predicted molar refractivity (Wildman–Crippen MR) is 112 cm³/mol. The van der Waals surface area contributed by atoms with Gasteiger partial charge in [0.1, 0.15) is 6.54 Å². The summed E-state index contributed by atoms with van der Waals surface area (Å²) in [5.41, 5.74) is 3.87. The lowest BCUT2D eigenvalue weighted by Crippen LogP contribution is -2.31. The van der Waals surface area contributed by atoms with Gasteiger partial charge in [0.05, 0.1) is 6.10 Å². The van der Waals surface area contributed by atoms with Gasteiger partial charge < -0.3 is 15.0 Å². The maximum absolute atomic E-state index is 12.6. The first-order chi connectivity index (χ1) is 13.7. The van der Waals surface area contributed by atoms with E-state index in [0.717, 1.165) is 27.7 Å². The number of fused-ring (bicyclic) bond motifs is 1. The number of amides is 1. The summed E-state index contributed by atoms with van der Waals surface area (Å²) in [6.45, 7) is 0.377. The van der Waals surface area contributed by atoms with Crippen molar-refractivity contribution in [1.29, 1.82) is 0 Å². The number of benzene rings is 3. The summed E-state index contributed by atoms with van der Waals surface area (Å²) in [4.78, 5) is 12.6. The number of hydrogen-bond acceptors (Lipinski definition) is 2. The fourth-order valence-electron chi connectivity index (χ4n) is 3.43. The smallest absolute Gasteiger partial charge is 0.240 e. The van der Waals surface area contributed by atoms with Crippen LogP contribution < -0.4 is 5.32 Å². The van der Waals surface area contributed by atoms with E-state index in [2.05, 4.69) is 17.4 Å². The lowest BCUT2D eigenvalue weighted by molar-refractivity contribution is -0.122. The molecule has 1 aromatic heterocycles. The third-order valence-electron chi connectivity index (χ3n) is 4.86. The minimum atomic E-state index is -0.722. The Morgan fingerprint density at radius 2 is 1.54 bits per heavy atom. The molecule has 4 rings (SSSR count). The fourth-order valence-corrected chi connectivity index (χ4v) is 3.43. The molecule has 0 bridgehead atoms. The first-order valence-corrected chi connectivity index (χ1v) is 9.36. The average molecular weight is 370 g/mol. The Kier molecular flexibility index (Phi) is 5.22. The van der Waals surface area contributed by atoms with Crippen LogP contribution in [0.5, 0.6) is 0 Å². The van der Waals surface area contributed by atoms with Crippen molar-refractivity contribution in [3.8, 4) is 11.3 Å². The molecule has 0 saturated carbocycles. The molecular weight excluding hydrogens is 348 g/mol. The van der Waals surface area contributed by atoms with Crippen molar-refractivity contribution in [1.82, 2.24) is 9.88 Å². The molecule has 28 heavy (non-hydrogen) atoms. The van der Waals surface area contributed by atoms with Crippen LogP contribution in [0.3, 0.4) is 0 Å². The van der Waals surface area contributed by atoms with Gasteiger partial charge in [-0.25, -0.2) is 0 Å². The second kappa shape index (κ2) is 8.11. The van der Waals surface area contributed by atoms with Crippen LogP contribution in [-0.2, 0) is 11.3 Å². The molecule has 1 amide bonds. The third-order valence-corrected chi connectivity index (χ3v) is 4.86. The standard InChI is InChI=1S/C24H22N2O2/c27-23(19-11-5-2-6-12-19)16-25-24(28)17-26-21-14-8-7-13-20(21)15-22(26)18-9-3-1-4-10-18/h1-15,23,27H,16-17H2,(H,25,28)/t23-/m0/s1. The summed E-state index contributed by atoms with van der Waals surface area (Å²) in [6, 6.07) is 29.6. The zero-order chi connectivity index (χ0) is 19.3. The SMILES string of the molecule is O=C(Cn1c(-c2ccccc2)cc2ccccc21)NC[C@H](O)c1ccccc1. The molecule has 2 N–H and O–H groups in total. The topological polar surface area (TPSA) is 54.3 Å². The van der Waals surface area contributed by atoms with Gasteiger partial charge in [-0.15, -0.1) is 0 Å². The molecular formula is C24H22N2O2. The number of carbonyl (C=O) groups is 1. The molecule has 0 radical (unpaired) electrons. The molecule has 4 nitrogen and oxygen atoms in total. The molecule has 0 fully saturated rings. The van der Waals surface area contributed by atoms with Crippen molar-refractivity contribution in [2.24, 2.45) is 0 Å². The number of nitrogens with zero attached hydrogens (tertiary/aromatic N) is 1. The second-order valence-corrected chi connectivity index (χ2v) is 6.77. The molecule has 1 heterocycles. The van der Waals surface area contributed by atoms with E-state index in [1.807, 2.05) is 83.4 Å². The van der Waals surface area contributed by atoms with Gasteiger partial charge in [-0.1, -0.05) is 78.9 Å². The normalized spacial score (nSPS) is 12.0. The number of aliphatic hydroxyl groups excluding tert-OH is 1. The zero-order valence-electron chi connectivity index (χ0n) is 15.5. The first kappa shape index (κ1) is 18.0. The summed E-state index contributed by atoms with van der Waals surface area (Å²) in [5, 5.41) is 14.2. The average Bonchev–Trinajstić information content (AvgIpc) is 3.12. The Morgan fingerprint density at radius 3 is 2.29 bits per heavy atom. The number of rotatable bonds is 6. The monoisotopic (exact) mass is 370 g/mol. The van der Waals surface area contributed by atoms with Gasteiger partial charge in [-0.05, 0) is 23.3 Å². The molecule has 3 aromatic carbocycles. The quantitative estimate of drug-likeness (QED) is 0.535. The van der Waals surface area contributed by atoms with E-state index in [9.17, 15) is 9.90 Å². The molecule has 0 unspecified atom stereocenters. The van der Waals surface area contributed by atoms with E-state index in [4.69, 9.17) is 0 Å². The highest BCUT2D eigenvalue weighted by atomic mass is 16.3. The molecule has 140 valence electrons. The number of nitrogens with one attached hydrogen (secondary N) is 1. The van der Waals surface area contributed by atoms with Gasteiger partial charge >= 0.3 is 0 Å². The van der Waals surface area contributed by atoms with Gasteiger partial charge in [0.15, 0.2) is 0 Å². The maximum Gasteiger partial charge on any atom is 0.240 e. The zero-order valence-corrected chi connectivity index (χ0v) is 15.5. The van der Waals surface area contributed by atoms with Crippen LogP contribution in [0.4, 0.5) is 0 Å². The number of para-hydroxylation sites is 1. The van der Waals surface area contributed by atoms with Crippen LogP contribution in [0, 0.1) is 0 Å². The number of aliphatic hydroxyl groups is 1.